The molecule has 7 heteroatoms. The van der Waals surface area contributed by atoms with Crippen molar-refractivity contribution >= 4 is 23.3 Å². The fourth-order valence-corrected chi connectivity index (χ4v) is 4.39. The highest BCUT2D eigenvalue weighted by atomic mass is 16.5. The van der Waals surface area contributed by atoms with Crippen LogP contribution in [-0.4, -0.2) is 45.9 Å². The summed E-state index contributed by atoms with van der Waals surface area (Å²) >= 11 is 0. The maximum absolute atomic E-state index is 11.8. The predicted molar refractivity (Wildman–Crippen MR) is 152 cm³/mol. The monoisotopic (exact) mass is 520 g/mol. The van der Waals surface area contributed by atoms with Gasteiger partial charge in [-0.1, -0.05) is 103 Å². The molecule has 7 nitrogen and oxygen atoms in total. The maximum atomic E-state index is 11.8. The van der Waals surface area contributed by atoms with Crippen LogP contribution in [0.2, 0.25) is 0 Å². The number of hydrogen-bond donors (Lipinski definition) is 1. The van der Waals surface area contributed by atoms with Crippen LogP contribution in [0.25, 0.3) is 0 Å². The zero-order valence-electron chi connectivity index (χ0n) is 23.7. The van der Waals surface area contributed by atoms with E-state index in [0.29, 0.717) is 23.7 Å². The average Bonchev–Trinajstić information content (AvgIpc) is 2.89. The third-order valence-electron chi connectivity index (χ3n) is 6.64. The van der Waals surface area contributed by atoms with Crippen LogP contribution >= 0.6 is 0 Å². The van der Waals surface area contributed by atoms with Gasteiger partial charge in [0.1, 0.15) is 18.8 Å². The molecule has 37 heavy (non-hydrogen) atoms. The lowest BCUT2D eigenvalue weighted by molar-refractivity contribution is -0.140. The molecular formula is C30H52N2O5. The number of hydrogen-bond acceptors (Lipinski definition) is 7. The normalized spacial score (nSPS) is 10.8. The molecular weight excluding hydrogens is 468 g/mol. The molecule has 0 amide bonds. The fourth-order valence-electron chi connectivity index (χ4n) is 4.39. The Morgan fingerprint density at radius 2 is 1.11 bits per heavy atom. The summed E-state index contributed by atoms with van der Waals surface area (Å²) in [6.07, 6.45) is 21.3. The number of rotatable bonds is 23. The summed E-state index contributed by atoms with van der Waals surface area (Å²) in [5, 5.41) is 0. The third-order valence-corrected chi connectivity index (χ3v) is 6.64. The number of benzene rings is 1. The van der Waals surface area contributed by atoms with E-state index in [9.17, 15) is 9.59 Å². The van der Waals surface area contributed by atoms with Gasteiger partial charge < -0.3 is 24.8 Å². The molecule has 0 aliphatic rings. The van der Waals surface area contributed by atoms with Gasteiger partial charge in [-0.15, -0.1) is 0 Å². The zero-order chi connectivity index (χ0) is 27.1. The SMILES string of the molecule is CCCCCCCCCCCCCCCCCCOc1cc(N)cc(N(CC(=O)OC)CC(=O)OC)c1. The number of anilines is 2. The van der Waals surface area contributed by atoms with Gasteiger partial charge in [0.25, 0.3) is 0 Å². The zero-order valence-corrected chi connectivity index (χ0v) is 23.7. The van der Waals surface area contributed by atoms with Crippen molar-refractivity contribution in [2.45, 2.75) is 110 Å². The van der Waals surface area contributed by atoms with Gasteiger partial charge in [-0.2, -0.15) is 0 Å². The molecule has 0 spiro atoms. The van der Waals surface area contributed by atoms with Gasteiger partial charge in [0, 0.05) is 23.5 Å². The molecule has 0 radical (unpaired) electrons. The van der Waals surface area contributed by atoms with Crippen molar-refractivity contribution in [2.75, 3.05) is 44.5 Å². The number of carbonyl (C=O) groups excluding carboxylic acids is 2. The molecule has 0 bridgehead atoms. The van der Waals surface area contributed by atoms with Gasteiger partial charge >= 0.3 is 11.9 Å². The molecule has 0 atom stereocenters. The first-order valence-corrected chi connectivity index (χ1v) is 14.4. The number of nitrogens with zero attached hydrogens (tertiary/aromatic N) is 1. The van der Waals surface area contributed by atoms with E-state index < -0.39 is 11.9 Å². The second-order valence-corrected chi connectivity index (χ2v) is 9.92. The first-order valence-electron chi connectivity index (χ1n) is 14.4. The number of methoxy groups -OCH3 is 2. The number of ether oxygens (including phenoxy) is 3. The number of esters is 2. The largest absolute Gasteiger partial charge is 0.493 e. The molecule has 2 N–H and O–H groups in total. The highest BCUT2D eigenvalue weighted by Crippen LogP contribution is 2.26. The first-order chi connectivity index (χ1) is 18.0. The molecule has 0 saturated carbocycles. The van der Waals surface area contributed by atoms with E-state index in [4.69, 9.17) is 19.9 Å². The van der Waals surface area contributed by atoms with Crippen molar-refractivity contribution in [3.05, 3.63) is 18.2 Å². The number of nitrogen functional groups attached to an aromatic ring is 1. The van der Waals surface area contributed by atoms with Crippen LogP contribution < -0.4 is 15.4 Å². The Labute approximate surface area is 225 Å². The molecule has 0 aliphatic heterocycles. The quantitative estimate of drug-likeness (QED) is 0.0938. The molecule has 0 aliphatic carbocycles. The maximum Gasteiger partial charge on any atom is 0.325 e. The minimum absolute atomic E-state index is 0.0897. The summed E-state index contributed by atoms with van der Waals surface area (Å²) in [6, 6.07) is 5.24. The molecule has 0 unspecified atom stereocenters. The summed E-state index contributed by atoms with van der Waals surface area (Å²) in [6.45, 7) is 2.70. The van der Waals surface area contributed by atoms with Crippen LogP contribution in [0.4, 0.5) is 11.4 Å². The van der Waals surface area contributed by atoms with Crippen molar-refractivity contribution in [2.24, 2.45) is 0 Å². The van der Waals surface area contributed by atoms with E-state index >= 15 is 0 Å². The molecule has 1 aromatic carbocycles. The van der Waals surface area contributed by atoms with Crippen molar-refractivity contribution < 1.29 is 23.8 Å². The van der Waals surface area contributed by atoms with Crippen LogP contribution in [0.15, 0.2) is 18.2 Å². The second kappa shape index (κ2) is 21.6. The minimum Gasteiger partial charge on any atom is -0.493 e. The van der Waals surface area contributed by atoms with Crippen molar-refractivity contribution in [1.29, 1.82) is 0 Å². The summed E-state index contributed by atoms with van der Waals surface area (Å²) in [5.74, 6) is -0.292. The Kier molecular flexibility index (Phi) is 19.0. The van der Waals surface area contributed by atoms with Crippen molar-refractivity contribution in [3.63, 3.8) is 0 Å². The van der Waals surface area contributed by atoms with Gasteiger partial charge in [0.2, 0.25) is 0 Å². The highest BCUT2D eigenvalue weighted by Gasteiger charge is 2.17. The molecule has 0 heterocycles. The second-order valence-electron chi connectivity index (χ2n) is 9.92. The van der Waals surface area contributed by atoms with Crippen LogP contribution in [0.5, 0.6) is 5.75 Å². The van der Waals surface area contributed by atoms with Gasteiger partial charge in [0.15, 0.2) is 0 Å². The first kappa shape index (κ1) is 32.6. The van der Waals surface area contributed by atoms with Crippen LogP contribution in [0, 0.1) is 0 Å². The smallest absolute Gasteiger partial charge is 0.325 e. The summed E-state index contributed by atoms with van der Waals surface area (Å²) in [7, 11) is 2.62. The highest BCUT2D eigenvalue weighted by molar-refractivity contribution is 5.82. The predicted octanol–water partition coefficient (Wildman–Crippen LogP) is 7.06. The van der Waals surface area contributed by atoms with Crippen LogP contribution in [-0.2, 0) is 19.1 Å². The third kappa shape index (κ3) is 16.8. The summed E-state index contributed by atoms with van der Waals surface area (Å²) in [5.41, 5.74) is 7.16. The Hall–Kier alpha value is -2.44. The number of carbonyl (C=O) groups is 2. The lowest BCUT2D eigenvalue weighted by Crippen LogP contribution is -2.35. The average molecular weight is 521 g/mol. The number of unbranched alkanes of at least 4 members (excludes halogenated alkanes) is 15. The van der Waals surface area contributed by atoms with Crippen LogP contribution in [0.1, 0.15) is 110 Å². The van der Waals surface area contributed by atoms with Gasteiger partial charge in [-0.05, 0) is 12.5 Å². The van der Waals surface area contributed by atoms with E-state index in [1.54, 1.807) is 23.1 Å². The summed E-state index contributed by atoms with van der Waals surface area (Å²) < 4.78 is 15.4. The molecule has 0 saturated heterocycles. The van der Waals surface area contributed by atoms with Gasteiger partial charge in [-0.25, -0.2) is 0 Å². The van der Waals surface area contributed by atoms with Gasteiger partial charge in [-0.3, -0.25) is 9.59 Å². The lowest BCUT2D eigenvalue weighted by Gasteiger charge is -2.23. The molecule has 1 rings (SSSR count). The molecule has 212 valence electrons. The molecule has 0 fully saturated rings. The standard InChI is InChI=1S/C30H52N2O5/c1-4-5-6-7-8-9-10-11-12-13-14-15-16-17-18-19-20-37-28-22-26(31)21-27(23-28)32(24-29(33)35-2)25-30(34)36-3/h21-23H,4-20,24-25,31H2,1-3H3. The fraction of sp³-hybridized carbons (Fsp3) is 0.733. The summed E-state index contributed by atoms with van der Waals surface area (Å²) in [4.78, 5) is 25.2. The molecule has 1 aromatic rings. The van der Waals surface area contributed by atoms with E-state index in [-0.39, 0.29) is 13.1 Å². The molecule has 0 aromatic heterocycles. The Balaban J connectivity index is 2.19. The van der Waals surface area contributed by atoms with E-state index in [2.05, 4.69) is 6.92 Å². The number of nitrogens with two attached hydrogens (primary N) is 1. The van der Waals surface area contributed by atoms with E-state index in [0.717, 1.165) is 12.8 Å². The Morgan fingerprint density at radius 1 is 0.676 bits per heavy atom. The minimum atomic E-state index is -0.457. The topological polar surface area (TPSA) is 91.1 Å². The van der Waals surface area contributed by atoms with Crippen LogP contribution in [0.3, 0.4) is 0 Å². The lowest BCUT2D eigenvalue weighted by atomic mass is 10.0. The Bertz CT molecular complexity index is 723. The Morgan fingerprint density at radius 3 is 1.54 bits per heavy atom. The van der Waals surface area contributed by atoms with E-state index in [1.165, 1.54) is 104 Å². The van der Waals surface area contributed by atoms with E-state index in [1.807, 2.05) is 0 Å². The van der Waals surface area contributed by atoms with Crippen molar-refractivity contribution in [1.82, 2.24) is 0 Å². The van der Waals surface area contributed by atoms with Gasteiger partial charge in [0.05, 0.1) is 20.8 Å². The van der Waals surface area contributed by atoms with Crippen molar-refractivity contribution in [3.8, 4) is 5.75 Å².